The van der Waals surface area contributed by atoms with Gasteiger partial charge in [-0.25, -0.2) is 0 Å². The Morgan fingerprint density at radius 3 is 2.48 bits per heavy atom. The molecule has 1 N–H and O–H groups in total. The van der Waals surface area contributed by atoms with Gasteiger partial charge >= 0.3 is 0 Å². The lowest BCUT2D eigenvalue weighted by Crippen LogP contribution is -2.09. The number of amides is 1. The van der Waals surface area contributed by atoms with E-state index in [0.29, 0.717) is 0 Å². The van der Waals surface area contributed by atoms with Crippen molar-refractivity contribution in [3.8, 4) is 5.75 Å². The molecule has 0 heterocycles. The lowest BCUT2D eigenvalue weighted by molar-refractivity contribution is -0.111. The van der Waals surface area contributed by atoms with Crippen LogP contribution in [-0.4, -0.2) is 13.0 Å². The summed E-state index contributed by atoms with van der Waals surface area (Å²) in [6, 6.07) is 13.5. The summed E-state index contributed by atoms with van der Waals surface area (Å²) in [4.78, 5) is 11.9. The van der Waals surface area contributed by atoms with Crippen molar-refractivity contribution in [3.05, 3.63) is 65.2 Å². The molecule has 3 heteroatoms. The molecule has 1 amide bonds. The standard InChI is InChI=1S/C18H19NO2/c1-13-4-5-14(2)17(12-13)19-18(20)11-8-15-6-9-16(21-3)10-7-15/h4-12H,1-3H3,(H,19,20). The highest BCUT2D eigenvalue weighted by Crippen LogP contribution is 2.16. The molecular weight excluding hydrogens is 262 g/mol. The fourth-order valence-electron chi connectivity index (χ4n) is 1.93. The molecule has 0 unspecified atom stereocenters. The Balaban J connectivity index is 2.03. The highest BCUT2D eigenvalue weighted by Gasteiger charge is 2.01. The largest absolute Gasteiger partial charge is 0.497 e. The Hall–Kier alpha value is -2.55. The third-order valence-corrected chi connectivity index (χ3v) is 3.19. The first-order valence-corrected chi connectivity index (χ1v) is 6.79. The number of methoxy groups -OCH3 is 1. The van der Waals surface area contributed by atoms with Crippen molar-refractivity contribution < 1.29 is 9.53 Å². The molecule has 0 aliphatic heterocycles. The molecule has 2 rings (SSSR count). The number of nitrogens with one attached hydrogen (secondary N) is 1. The first-order chi connectivity index (χ1) is 10.1. The van der Waals surface area contributed by atoms with Crippen molar-refractivity contribution in [2.24, 2.45) is 0 Å². The van der Waals surface area contributed by atoms with E-state index in [1.165, 1.54) is 6.08 Å². The predicted octanol–water partition coefficient (Wildman–Crippen LogP) is 3.96. The van der Waals surface area contributed by atoms with Gasteiger partial charge < -0.3 is 10.1 Å². The van der Waals surface area contributed by atoms with Crippen LogP contribution in [0.4, 0.5) is 5.69 Å². The molecule has 0 aliphatic rings. The Kier molecular flexibility index (Phi) is 4.77. The number of carbonyl (C=O) groups is 1. The minimum Gasteiger partial charge on any atom is -0.497 e. The van der Waals surface area contributed by atoms with E-state index in [0.717, 1.165) is 28.1 Å². The van der Waals surface area contributed by atoms with Crippen molar-refractivity contribution in [2.45, 2.75) is 13.8 Å². The lowest BCUT2D eigenvalue weighted by Gasteiger charge is -2.07. The van der Waals surface area contributed by atoms with E-state index in [4.69, 9.17) is 4.74 Å². The Labute approximate surface area is 125 Å². The maximum Gasteiger partial charge on any atom is 0.248 e. The highest BCUT2D eigenvalue weighted by atomic mass is 16.5. The first-order valence-electron chi connectivity index (χ1n) is 6.79. The fraction of sp³-hybridized carbons (Fsp3) is 0.167. The van der Waals surface area contributed by atoms with E-state index in [9.17, 15) is 4.79 Å². The first kappa shape index (κ1) is 14.9. The number of anilines is 1. The lowest BCUT2D eigenvalue weighted by atomic mass is 10.1. The number of aryl methyl sites for hydroxylation is 2. The zero-order valence-electron chi connectivity index (χ0n) is 12.5. The van der Waals surface area contributed by atoms with Gasteiger partial charge in [-0.1, -0.05) is 24.3 Å². The predicted molar refractivity (Wildman–Crippen MR) is 86.6 cm³/mol. The van der Waals surface area contributed by atoms with Gasteiger partial charge in [0.25, 0.3) is 0 Å². The van der Waals surface area contributed by atoms with Crippen LogP contribution in [0.25, 0.3) is 6.08 Å². The molecule has 2 aromatic carbocycles. The molecule has 0 radical (unpaired) electrons. The van der Waals surface area contributed by atoms with Crippen LogP contribution in [0.5, 0.6) is 5.75 Å². The minimum absolute atomic E-state index is 0.139. The second kappa shape index (κ2) is 6.75. The van der Waals surface area contributed by atoms with Gasteiger partial charge in [0.15, 0.2) is 0 Å². The third kappa shape index (κ3) is 4.21. The summed E-state index contributed by atoms with van der Waals surface area (Å²) in [5.41, 5.74) is 3.97. The monoisotopic (exact) mass is 281 g/mol. The second-order valence-corrected chi connectivity index (χ2v) is 4.91. The van der Waals surface area contributed by atoms with Gasteiger partial charge in [-0.05, 0) is 54.8 Å². The van der Waals surface area contributed by atoms with Crippen molar-refractivity contribution in [2.75, 3.05) is 12.4 Å². The van der Waals surface area contributed by atoms with Gasteiger partial charge in [0, 0.05) is 11.8 Å². The summed E-state index contributed by atoms with van der Waals surface area (Å²) >= 11 is 0. The summed E-state index contributed by atoms with van der Waals surface area (Å²) in [5, 5.41) is 2.89. The average Bonchev–Trinajstić information content (AvgIpc) is 2.49. The molecule has 0 aliphatic carbocycles. The SMILES string of the molecule is COc1ccc(C=CC(=O)Nc2cc(C)ccc2C)cc1. The zero-order valence-corrected chi connectivity index (χ0v) is 12.5. The van der Waals surface area contributed by atoms with Gasteiger partial charge in [-0.15, -0.1) is 0 Å². The third-order valence-electron chi connectivity index (χ3n) is 3.19. The fourth-order valence-corrected chi connectivity index (χ4v) is 1.93. The summed E-state index contributed by atoms with van der Waals surface area (Å²) < 4.78 is 5.09. The molecule has 0 saturated heterocycles. The molecule has 108 valence electrons. The normalized spacial score (nSPS) is 10.6. The Morgan fingerprint density at radius 2 is 1.81 bits per heavy atom. The van der Waals surface area contributed by atoms with Crippen LogP contribution in [-0.2, 0) is 4.79 Å². The summed E-state index contributed by atoms with van der Waals surface area (Å²) in [6.07, 6.45) is 3.31. The molecular formula is C18H19NO2. The highest BCUT2D eigenvalue weighted by molar-refractivity contribution is 6.02. The van der Waals surface area contributed by atoms with Crippen molar-refractivity contribution in [3.63, 3.8) is 0 Å². The van der Waals surface area contributed by atoms with E-state index in [-0.39, 0.29) is 5.91 Å². The van der Waals surface area contributed by atoms with Crippen molar-refractivity contribution in [1.82, 2.24) is 0 Å². The van der Waals surface area contributed by atoms with Crippen molar-refractivity contribution >= 4 is 17.7 Å². The molecule has 2 aromatic rings. The smallest absolute Gasteiger partial charge is 0.248 e. The number of ether oxygens (including phenoxy) is 1. The van der Waals surface area contributed by atoms with E-state index < -0.39 is 0 Å². The van der Waals surface area contributed by atoms with E-state index in [2.05, 4.69) is 5.32 Å². The molecule has 0 fully saturated rings. The van der Waals surface area contributed by atoms with Crippen LogP contribution in [0.2, 0.25) is 0 Å². The molecule has 21 heavy (non-hydrogen) atoms. The molecule has 0 bridgehead atoms. The van der Waals surface area contributed by atoms with Crippen LogP contribution in [0.3, 0.4) is 0 Å². The van der Waals surface area contributed by atoms with Crippen molar-refractivity contribution in [1.29, 1.82) is 0 Å². The quantitative estimate of drug-likeness (QED) is 0.861. The van der Waals surface area contributed by atoms with Crippen LogP contribution in [0, 0.1) is 13.8 Å². The molecule has 0 spiro atoms. The van der Waals surface area contributed by atoms with Crippen LogP contribution in [0.15, 0.2) is 48.5 Å². The zero-order chi connectivity index (χ0) is 15.2. The van der Waals surface area contributed by atoms with Gasteiger partial charge in [0.2, 0.25) is 5.91 Å². The number of carbonyl (C=O) groups excluding carboxylic acids is 1. The van der Waals surface area contributed by atoms with Gasteiger partial charge in [0.1, 0.15) is 5.75 Å². The summed E-state index contributed by atoms with van der Waals surface area (Å²) in [6.45, 7) is 3.98. The maximum atomic E-state index is 11.9. The number of hydrogen-bond acceptors (Lipinski definition) is 2. The Morgan fingerprint density at radius 1 is 1.10 bits per heavy atom. The minimum atomic E-state index is -0.139. The topological polar surface area (TPSA) is 38.3 Å². The van der Waals surface area contributed by atoms with E-state index in [1.807, 2.05) is 56.3 Å². The number of benzene rings is 2. The summed E-state index contributed by atoms with van der Waals surface area (Å²) in [5.74, 6) is 0.659. The second-order valence-electron chi connectivity index (χ2n) is 4.91. The summed E-state index contributed by atoms with van der Waals surface area (Å²) in [7, 11) is 1.63. The molecule has 0 atom stereocenters. The average molecular weight is 281 g/mol. The van der Waals surface area contributed by atoms with Crippen LogP contribution in [0.1, 0.15) is 16.7 Å². The van der Waals surface area contributed by atoms with Crippen LogP contribution >= 0.6 is 0 Å². The Bertz CT molecular complexity index is 657. The molecule has 0 saturated carbocycles. The number of rotatable bonds is 4. The van der Waals surface area contributed by atoms with Gasteiger partial charge in [-0.3, -0.25) is 4.79 Å². The molecule has 3 nitrogen and oxygen atoms in total. The maximum absolute atomic E-state index is 11.9. The molecule has 0 aromatic heterocycles. The van der Waals surface area contributed by atoms with Gasteiger partial charge in [-0.2, -0.15) is 0 Å². The van der Waals surface area contributed by atoms with E-state index in [1.54, 1.807) is 13.2 Å². The van der Waals surface area contributed by atoms with E-state index >= 15 is 0 Å². The van der Waals surface area contributed by atoms with Crippen LogP contribution < -0.4 is 10.1 Å². The van der Waals surface area contributed by atoms with Gasteiger partial charge in [0.05, 0.1) is 7.11 Å². The number of hydrogen-bond donors (Lipinski definition) is 1.